The highest BCUT2D eigenvalue weighted by Crippen LogP contribution is 2.40. The molecule has 0 bridgehead atoms. The molecule has 36 heavy (non-hydrogen) atoms. The maximum absolute atomic E-state index is 11.0. The van der Waals surface area contributed by atoms with E-state index in [-0.39, 0.29) is 12.3 Å². The van der Waals surface area contributed by atoms with Crippen LogP contribution in [0.1, 0.15) is 88.7 Å². The zero-order valence-electron chi connectivity index (χ0n) is 21.7. The van der Waals surface area contributed by atoms with Crippen molar-refractivity contribution in [2.24, 2.45) is 11.8 Å². The number of hydrogen-bond acceptors (Lipinski definition) is 7. The van der Waals surface area contributed by atoms with Gasteiger partial charge in [-0.3, -0.25) is 4.90 Å². The van der Waals surface area contributed by atoms with Gasteiger partial charge in [-0.05, 0) is 75.2 Å². The topological polar surface area (TPSA) is 95.7 Å². The zero-order chi connectivity index (χ0) is 24.6. The van der Waals surface area contributed by atoms with E-state index in [1.165, 1.54) is 23.8 Å². The molecule has 3 atom stereocenters. The normalized spacial score (nSPS) is 31.5. The van der Waals surface area contributed by atoms with E-state index in [1.54, 1.807) is 0 Å². The van der Waals surface area contributed by atoms with Gasteiger partial charge in [0.05, 0.1) is 6.10 Å². The highest BCUT2D eigenvalue weighted by Gasteiger charge is 2.36. The van der Waals surface area contributed by atoms with Crippen molar-refractivity contribution in [2.45, 2.75) is 101 Å². The number of ether oxygens (including phenoxy) is 1. The van der Waals surface area contributed by atoms with E-state index in [9.17, 15) is 10.2 Å². The van der Waals surface area contributed by atoms with Crippen molar-refractivity contribution in [3.63, 3.8) is 0 Å². The summed E-state index contributed by atoms with van der Waals surface area (Å²) >= 11 is 0. The summed E-state index contributed by atoms with van der Waals surface area (Å²) in [5.74, 6) is 2.28. The van der Waals surface area contributed by atoms with Gasteiger partial charge in [0.15, 0.2) is 0 Å². The summed E-state index contributed by atoms with van der Waals surface area (Å²) in [6, 6.07) is 0.888. The molecular weight excluding hydrogens is 454 g/mol. The van der Waals surface area contributed by atoms with Crippen molar-refractivity contribution in [1.29, 1.82) is 0 Å². The van der Waals surface area contributed by atoms with Gasteiger partial charge >= 0.3 is 0 Å². The lowest BCUT2D eigenvalue weighted by Gasteiger charge is -2.39. The largest absolute Gasteiger partial charge is 0.393 e. The Balaban J connectivity index is 1.21. The molecule has 2 saturated carbocycles. The molecule has 4 fully saturated rings. The van der Waals surface area contributed by atoms with Crippen LogP contribution in [0.25, 0.3) is 11.0 Å². The Morgan fingerprint density at radius 1 is 1.08 bits per heavy atom. The van der Waals surface area contributed by atoms with Crippen molar-refractivity contribution >= 4 is 17.0 Å². The van der Waals surface area contributed by atoms with Gasteiger partial charge < -0.3 is 24.8 Å². The monoisotopic (exact) mass is 497 g/mol. The van der Waals surface area contributed by atoms with Gasteiger partial charge in [0.1, 0.15) is 11.9 Å². The molecule has 2 aromatic heterocycles. The quantitative estimate of drug-likeness (QED) is 0.531. The van der Waals surface area contributed by atoms with E-state index < -0.39 is 0 Å². The number of nitrogens with zero attached hydrogens (tertiary/aromatic N) is 4. The summed E-state index contributed by atoms with van der Waals surface area (Å²) in [6.45, 7) is 5.64. The zero-order valence-corrected chi connectivity index (χ0v) is 21.7. The number of piperidine rings is 1. The maximum atomic E-state index is 11.0. The van der Waals surface area contributed by atoms with Crippen molar-refractivity contribution in [3.8, 4) is 0 Å². The van der Waals surface area contributed by atoms with E-state index in [0.717, 1.165) is 95.2 Å². The number of fused-ring (bicyclic) bond motifs is 1. The molecule has 8 heteroatoms. The number of nitrogens with one attached hydrogen (secondary N) is 1. The highest BCUT2D eigenvalue weighted by molar-refractivity contribution is 5.81. The van der Waals surface area contributed by atoms with Gasteiger partial charge in [-0.25, -0.2) is 4.98 Å². The third-order valence-corrected chi connectivity index (χ3v) is 9.45. The number of aliphatic hydroxyl groups excluding tert-OH is 2. The van der Waals surface area contributed by atoms with Gasteiger partial charge in [0, 0.05) is 62.1 Å². The molecule has 2 aromatic rings. The lowest BCUT2D eigenvalue weighted by Crippen LogP contribution is -2.46. The van der Waals surface area contributed by atoms with Crippen LogP contribution in [0.5, 0.6) is 0 Å². The summed E-state index contributed by atoms with van der Waals surface area (Å²) < 4.78 is 7.89. The second kappa shape index (κ2) is 10.6. The number of rotatable bonds is 7. The number of likely N-dealkylation sites (tertiary alicyclic amines) is 1. The van der Waals surface area contributed by atoms with E-state index in [2.05, 4.69) is 27.9 Å². The summed E-state index contributed by atoms with van der Waals surface area (Å²) in [6.07, 6.45) is 14.0. The molecule has 4 heterocycles. The smallest absolute Gasteiger partial charge is 0.224 e. The highest BCUT2D eigenvalue weighted by atomic mass is 16.5. The minimum Gasteiger partial charge on any atom is -0.393 e. The van der Waals surface area contributed by atoms with E-state index in [4.69, 9.17) is 14.7 Å². The molecule has 2 saturated heterocycles. The Bertz CT molecular complexity index is 1020. The van der Waals surface area contributed by atoms with Gasteiger partial charge in [-0.15, -0.1) is 0 Å². The number of aromatic nitrogens is 3. The first-order valence-electron chi connectivity index (χ1n) is 14.4. The Labute approximate surface area is 214 Å². The second-order valence-electron chi connectivity index (χ2n) is 11.7. The Kier molecular flexibility index (Phi) is 7.21. The van der Waals surface area contributed by atoms with Gasteiger partial charge in [-0.1, -0.05) is 13.3 Å². The molecular formula is C28H43N5O3. The minimum atomic E-state index is -0.351. The summed E-state index contributed by atoms with van der Waals surface area (Å²) in [5.41, 5.74) is 2.41. The lowest BCUT2D eigenvalue weighted by atomic mass is 9.88. The fourth-order valence-corrected chi connectivity index (χ4v) is 6.89. The van der Waals surface area contributed by atoms with Crippen molar-refractivity contribution in [1.82, 2.24) is 19.4 Å². The predicted molar refractivity (Wildman–Crippen MR) is 140 cm³/mol. The molecule has 6 rings (SSSR count). The van der Waals surface area contributed by atoms with Crippen LogP contribution >= 0.6 is 0 Å². The first-order chi connectivity index (χ1) is 17.6. The average Bonchev–Trinajstić information content (AvgIpc) is 3.58. The molecule has 198 valence electrons. The number of aliphatic hydroxyl groups is 2. The summed E-state index contributed by atoms with van der Waals surface area (Å²) in [4.78, 5) is 12.1. The molecule has 8 nitrogen and oxygen atoms in total. The van der Waals surface area contributed by atoms with Crippen LogP contribution in [0.4, 0.5) is 5.95 Å². The van der Waals surface area contributed by atoms with Crippen LogP contribution < -0.4 is 5.32 Å². The van der Waals surface area contributed by atoms with Crippen LogP contribution in [0.15, 0.2) is 12.4 Å². The average molecular weight is 498 g/mol. The van der Waals surface area contributed by atoms with Crippen LogP contribution in [0, 0.1) is 11.8 Å². The fraction of sp³-hybridized carbons (Fsp3) is 0.786. The van der Waals surface area contributed by atoms with Gasteiger partial charge in [0.25, 0.3) is 0 Å². The second-order valence-corrected chi connectivity index (χ2v) is 11.7. The molecule has 0 aromatic carbocycles. The molecule has 0 radical (unpaired) electrons. The van der Waals surface area contributed by atoms with Gasteiger partial charge in [-0.2, -0.15) is 4.98 Å². The molecule has 2 aliphatic heterocycles. The van der Waals surface area contributed by atoms with Crippen molar-refractivity contribution in [3.05, 3.63) is 18.0 Å². The Hall–Kier alpha value is -1.74. The third kappa shape index (κ3) is 5.02. The molecule has 2 unspecified atom stereocenters. The summed E-state index contributed by atoms with van der Waals surface area (Å²) in [5, 5.41) is 25.8. The fourth-order valence-electron chi connectivity index (χ4n) is 6.89. The van der Waals surface area contributed by atoms with Crippen LogP contribution in [-0.4, -0.2) is 74.3 Å². The van der Waals surface area contributed by atoms with Crippen LogP contribution in [0.3, 0.4) is 0 Å². The molecule has 0 amide bonds. The lowest BCUT2D eigenvalue weighted by molar-refractivity contribution is -0.0821. The minimum absolute atomic E-state index is 0.165. The molecule has 0 spiro atoms. The SMILES string of the molecule is CCC1C[C@@H]1Nc1ncc2c(C3CCN(C(O)C4CCOCC4)CC3)cn(C3CCC(O)CC3)c2n1. The van der Waals surface area contributed by atoms with Crippen LogP contribution in [-0.2, 0) is 4.74 Å². The van der Waals surface area contributed by atoms with E-state index in [1.807, 2.05) is 6.20 Å². The molecule has 2 aliphatic carbocycles. The molecule has 4 aliphatic rings. The Morgan fingerprint density at radius 2 is 1.83 bits per heavy atom. The van der Waals surface area contributed by atoms with Crippen molar-refractivity contribution in [2.75, 3.05) is 31.6 Å². The first kappa shape index (κ1) is 24.6. The number of anilines is 1. The first-order valence-corrected chi connectivity index (χ1v) is 14.4. The summed E-state index contributed by atoms with van der Waals surface area (Å²) in [7, 11) is 0. The Morgan fingerprint density at radius 3 is 2.53 bits per heavy atom. The van der Waals surface area contributed by atoms with Crippen LogP contribution in [0.2, 0.25) is 0 Å². The van der Waals surface area contributed by atoms with E-state index in [0.29, 0.717) is 23.9 Å². The maximum Gasteiger partial charge on any atom is 0.224 e. The standard InChI is InChI=1S/C28H43N5O3/c1-2-18-15-25(18)30-28-29-16-23-24(17-33(26(23)31-28)21-3-5-22(34)6-4-21)19-7-11-32(12-8-19)27(35)20-9-13-36-14-10-20/h16-22,25,27,34-35H,2-15H2,1H3,(H,29,30,31)/t18?,21?,22?,25-,27?/m0/s1. The van der Waals surface area contributed by atoms with Crippen molar-refractivity contribution < 1.29 is 14.9 Å². The third-order valence-electron chi connectivity index (χ3n) is 9.45. The predicted octanol–water partition coefficient (Wildman–Crippen LogP) is 4.04. The van der Waals surface area contributed by atoms with E-state index >= 15 is 0 Å². The molecule has 3 N–H and O–H groups in total. The van der Waals surface area contributed by atoms with Gasteiger partial charge in [0.2, 0.25) is 5.95 Å². The number of hydrogen-bond donors (Lipinski definition) is 3.